The van der Waals surface area contributed by atoms with Crippen LogP contribution in [-0.4, -0.2) is 52.0 Å². The summed E-state index contributed by atoms with van der Waals surface area (Å²) in [5.41, 5.74) is -9.77. The van der Waals surface area contributed by atoms with Crippen LogP contribution < -0.4 is 0 Å². The number of ether oxygens (including phenoxy) is 1. The molecule has 0 radical (unpaired) electrons. The quantitative estimate of drug-likeness (QED) is 0.404. The van der Waals surface area contributed by atoms with Crippen LogP contribution in [0.2, 0.25) is 0 Å². The molecule has 1 rings (SSSR count). The molecule has 1 fully saturated rings. The van der Waals surface area contributed by atoms with Crippen LogP contribution in [0.5, 0.6) is 0 Å². The van der Waals surface area contributed by atoms with E-state index in [1.54, 1.807) is 0 Å². The highest BCUT2D eigenvalue weighted by Crippen LogP contribution is 2.57. The second-order valence-electron chi connectivity index (χ2n) is 6.85. The summed E-state index contributed by atoms with van der Waals surface area (Å²) in [4.78, 5) is 11.7. The predicted octanol–water partition coefficient (Wildman–Crippen LogP) is 3.67. The Bertz CT molecular complexity index is 604. The van der Waals surface area contributed by atoms with Crippen molar-refractivity contribution in [2.45, 2.75) is 62.5 Å². The molecule has 1 saturated carbocycles. The molecule has 4 atom stereocenters. The van der Waals surface area contributed by atoms with Gasteiger partial charge in [0.15, 0.2) is 5.60 Å². The average molecular weight is 432 g/mol. The smallest absolute Gasteiger partial charge is 0.426 e. The van der Waals surface area contributed by atoms with E-state index in [1.165, 1.54) is 0 Å². The van der Waals surface area contributed by atoms with Gasteiger partial charge in [-0.05, 0) is 26.7 Å². The maximum absolute atomic E-state index is 13.2. The van der Waals surface area contributed by atoms with E-state index < -0.39 is 72.1 Å². The van der Waals surface area contributed by atoms with Crippen LogP contribution in [0.15, 0.2) is 12.2 Å². The summed E-state index contributed by atoms with van der Waals surface area (Å²) in [6.45, 7) is 4.15. The van der Waals surface area contributed by atoms with Crippen LogP contribution in [0.25, 0.3) is 0 Å². The summed E-state index contributed by atoms with van der Waals surface area (Å²) in [5, 5.41) is 19.3. The van der Waals surface area contributed by atoms with Crippen LogP contribution in [0.1, 0.15) is 26.7 Å². The van der Waals surface area contributed by atoms with Gasteiger partial charge in [0.25, 0.3) is 5.60 Å². The van der Waals surface area contributed by atoms with E-state index in [0.717, 1.165) is 6.92 Å². The van der Waals surface area contributed by atoms with Crippen LogP contribution in [0, 0.1) is 11.8 Å². The number of hydrogen-bond donors (Lipinski definition) is 2. The Morgan fingerprint density at radius 2 is 1.29 bits per heavy atom. The maximum Gasteiger partial charge on any atom is 0.426 e. The molecule has 0 heterocycles. The van der Waals surface area contributed by atoms with Gasteiger partial charge >= 0.3 is 24.5 Å². The molecule has 2 N–H and O–H groups in total. The van der Waals surface area contributed by atoms with Gasteiger partial charge in [-0.2, -0.15) is 39.5 Å². The largest absolute Gasteiger partial charge is 0.458 e. The molecule has 0 spiro atoms. The Morgan fingerprint density at radius 3 is 1.61 bits per heavy atom. The number of esters is 1. The minimum Gasteiger partial charge on any atom is -0.458 e. The SMILES string of the molecule is C=C(C)C(=O)OC1C(C(C)(O)C(F)(F)F)CCC1C(O)(C(F)(F)F)C(F)(F)F. The van der Waals surface area contributed by atoms with E-state index in [9.17, 15) is 54.5 Å². The molecule has 0 aromatic heterocycles. The Morgan fingerprint density at radius 1 is 0.893 bits per heavy atom. The van der Waals surface area contributed by atoms with Gasteiger partial charge in [-0.3, -0.25) is 0 Å². The molecule has 1 aliphatic rings. The highest BCUT2D eigenvalue weighted by atomic mass is 19.4. The molecular formula is C15H17F9O4. The van der Waals surface area contributed by atoms with E-state index in [4.69, 9.17) is 0 Å². The van der Waals surface area contributed by atoms with Crippen molar-refractivity contribution in [1.29, 1.82) is 0 Å². The number of rotatable bonds is 4. The second kappa shape index (κ2) is 7.08. The fourth-order valence-corrected chi connectivity index (χ4v) is 3.20. The predicted molar refractivity (Wildman–Crippen MR) is 74.6 cm³/mol. The zero-order chi connectivity index (χ0) is 22.5. The van der Waals surface area contributed by atoms with Crippen molar-refractivity contribution in [3.63, 3.8) is 0 Å². The number of hydrogen-bond acceptors (Lipinski definition) is 4. The van der Waals surface area contributed by atoms with E-state index in [0.29, 0.717) is 0 Å². The molecule has 28 heavy (non-hydrogen) atoms. The highest BCUT2D eigenvalue weighted by Gasteiger charge is 2.77. The molecule has 0 aliphatic heterocycles. The molecule has 1 aliphatic carbocycles. The number of halogens is 9. The fraction of sp³-hybridized carbons (Fsp3) is 0.800. The van der Waals surface area contributed by atoms with Gasteiger partial charge in [0, 0.05) is 17.4 Å². The van der Waals surface area contributed by atoms with Crippen molar-refractivity contribution in [2.75, 3.05) is 0 Å². The maximum atomic E-state index is 13.2. The minimum absolute atomic E-state index is 0.141. The Balaban J connectivity index is 3.57. The van der Waals surface area contributed by atoms with Crippen molar-refractivity contribution < 1.29 is 59.3 Å². The van der Waals surface area contributed by atoms with Crippen molar-refractivity contribution in [1.82, 2.24) is 0 Å². The molecule has 0 amide bonds. The summed E-state index contributed by atoms with van der Waals surface area (Å²) >= 11 is 0. The van der Waals surface area contributed by atoms with Gasteiger partial charge in [-0.15, -0.1) is 0 Å². The first kappa shape index (κ1) is 24.5. The van der Waals surface area contributed by atoms with Gasteiger partial charge < -0.3 is 14.9 Å². The van der Waals surface area contributed by atoms with E-state index in [2.05, 4.69) is 11.3 Å². The number of alkyl halides is 9. The zero-order valence-electron chi connectivity index (χ0n) is 14.5. The zero-order valence-corrected chi connectivity index (χ0v) is 14.5. The molecule has 164 valence electrons. The monoisotopic (exact) mass is 432 g/mol. The number of aliphatic hydroxyl groups is 2. The third-order valence-electron chi connectivity index (χ3n) is 4.87. The van der Waals surface area contributed by atoms with E-state index in [-0.39, 0.29) is 6.92 Å². The van der Waals surface area contributed by atoms with Crippen LogP contribution >= 0.6 is 0 Å². The van der Waals surface area contributed by atoms with Crippen molar-refractivity contribution >= 4 is 5.97 Å². The molecular weight excluding hydrogens is 415 g/mol. The summed E-state index contributed by atoms with van der Waals surface area (Å²) in [7, 11) is 0. The van der Waals surface area contributed by atoms with Gasteiger partial charge in [0.05, 0.1) is 0 Å². The lowest BCUT2D eigenvalue weighted by Gasteiger charge is -2.42. The molecule has 13 heteroatoms. The first-order chi connectivity index (χ1) is 12.2. The molecule has 4 unspecified atom stereocenters. The van der Waals surface area contributed by atoms with E-state index >= 15 is 0 Å². The van der Waals surface area contributed by atoms with Crippen molar-refractivity contribution in [3.05, 3.63) is 12.2 Å². The third kappa shape index (κ3) is 3.95. The lowest BCUT2D eigenvalue weighted by molar-refractivity contribution is -0.391. The first-order valence-corrected chi connectivity index (χ1v) is 7.71. The molecule has 0 bridgehead atoms. The fourth-order valence-electron chi connectivity index (χ4n) is 3.20. The number of carbonyl (C=O) groups excluding carboxylic acids is 1. The van der Waals surface area contributed by atoms with Gasteiger partial charge in [0.2, 0.25) is 0 Å². The molecule has 0 saturated heterocycles. The first-order valence-electron chi connectivity index (χ1n) is 7.71. The van der Waals surface area contributed by atoms with Crippen molar-refractivity contribution in [2.24, 2.45) is 11.8 Å². The van der Waals surface area contributed by atoms with Gasteiger partial charge in [-0.1, -0.05) is 6.58 Å². The van der Waals surface area contributed by atoms with Gasteiger partial charge in [-0.25, -0.2) is 4.79 Å². The van der Waals surface area contributed by atoms with E-state index in [1.807, 2.05) is 0 Å². The Labute approximate surface area is 153 Å². The summed E-state index contributed by atoms with van der Waals surface area (Å²) in [5.74, 6) is -6.99. The van der Waals surface area contributed by atoms with Crippen LogP contribution in [0.4, 0.5) is 39.5 Å². The average Bonchev–Trinajstić information content (AvgIpc) is 2.86. The topological polar surface area (TPSA) is 66.8 Å². The highest BCUT2D eigenvalue weighted by molar-refractivity contribution is 5.87. The Kier molecular flexibility index (Phi) is 6.20. The normalized spacial score (nSPS) is 26.7. The second-order valence-corrected chi connectivity index (χ2v) is 6.85. The summed E-state index contributed by atoms with van der Waals surface area (Å²) in [6.07, 6.45) is -23.2. The lowest BCUT2D eigenvalue weighted by Crippen LogP contribution is -2.65. The summed E-state index contributed by atoms with van der Waals surface area (Å²) in [6, 6.07) is 0. The lowest BCUT2D eigenvalue weighted by atomic mass is 9.78. The summed E-state index contributed by atoms with van der Waals surface area (Å²) < 4.78 is 123. The Hall–Kier alpha value is -1.50. The van der Waals surface area contributed by atoms with Crippen LogP contribution in [0.3, 0.4) is 0 Å². The third-order valence-corrected chi connectivity index (χ3v) is 4.87. The minimum atomic E-state index is -6.34. The number of carbonyl (C=O) groups is 1. The standard InChI is InChI=1S/C15H17F9O4/c1-6(2)10(25)28-9-7(11(3,26)13(16,17)18)4-5-8(9)12(27,14(19,20)21)15(22,23)24/h7-9,26-27H,1,4-5H2,2-3H3. The van der Waals surface area contributed by atoms with Crippen molar-refractivity contribution in [3.8, 4) is 0 Å². The van der Waals surface area contributed by atoms with Gasteiger partial charge in [0.1, 0.15) is 6.10 Å². The molecule has 4 nitrogen and oxygen atoms in total. The molecule has 0 aromatic carbocycles. The molecule has 0 aromatic rings. The van der Waals surface area contributed by atoms with Crippen LogP contribution in [-0.2, 0) is 9.53 Å².